The molecule has 0 saturated carbocycles. The molecule has 31 heavy (non-hydrogen) atoms. The molecule has 0 unspecified atom stereocenters. The van der Waals surface area contributed by atoms with Crippen molar-refractivity contribution in [2.75, 3.05) is 11.9 Å². The molecular weight excluding hydrogens is 482 g/mol. The van der Waals surface area contributed by atoms with Crippen LogP contribution in [0.2, 0.25) is 0 Å². The molecular formula is C22H20BrN3O4S. The minimum atomic E-state index is -3.92. The second-order valence-corrected chi connectivity index (χ2v) is 9.56. The van der Waals surface area contributed by atoms with Gasteiger partial charge in [-0.1, -0.05) is 46.3 Å². The van der Waals surface area contributed by atoms with Crippen LogP contribution in [0.3, 0.4) is 0 Å². The van der Waals surface area contributed by atoms with Gasteiger partial charge < -0.3 is 11.1 Å². The zero-order valence-corrected chi connectivity index (χ0v) is 18.8. The van der Waals surface area contributed by atoms with Crippen LogP contribution in [0, 0.1) is 0 Å². The Morgan fingerprint density at radius 3 is 2.10 bits per heavy atom. The van der Waals surface area contributed by atoms with Crippen LogP contribution in [-0.4, -0.2) is 31.1 Å². The first kappa shape index (κ1) is 22.7. The van der Waals surface area contributed by atoms with E-state index in [-0.39, 0.29) is 18.0 Å². The largest absolute Gasteiger partial charge is 0.366 e. The standard InChI is InChI=1S/C22H20BrN3O4S/c23-18-10-6-16(7-11-18)14-26(31(29,30)20-4-2-1-3-5-20)15-21(27)25-19-12-8-17(9-13-19)22(24)28/h1-13H,14-15H2,(H2,24,28)(H,25,27). The van der Waals surface area contributed by atoms with Gasteiger partial charge in [0.1, 0.15) is 0 Å². The number of halogens is 1. The van der Waals surface area contributed by atoms with Crippen molar-refractivity contribution >= 4 is 43.5 Å². The first-order chi connectivity index (χ1) is 14.8. The fourth-order valence-electron chi connectivity index (χ4n) is 2.84. The van der Waals surface area contributed by atoms with E-state index in [1.807, 2.05) is 12.1 Å². The number of rotatable bonds is 8. The summed E-state index contributed by atoms with van der Waals surface area (Å²) < 4.78 is 28.4. The van der Waals surface area contributed by atoms with Gasteiger partial charge in [-0.3, -0.25) is 9.59 Å². The minimum Gasteiger partial charge on any atom is -0.366 e. The number of amides is 2. The Kier molecular flexibility index (Phi) is 7.21. The average Bonchev–Trinajstić information content (AvgIpc) is 2.75. The third kappa shape index (κ3) is 6.00. The topological polar surface area (TPSA) is 110 Å². The van der Waals surface area contributed by atoms with Gasteiger partial charge in [0.25, 0.3) is 0 Å². The highest BCUT2D eigenvalue weighted by atomic mass is 79.9. The van der Waals surface area contributed by atoms with E-state index in [4.69, 9.17) is 5.73 Å². The SMILES string of the molecule is NC(=O)c1ccc(NC(=O)CN(Cc2ccc(Br)cc2)S(=O)(=O)c2ccccc2)cc1. The first-order valence-corrected chi connectivity index (χ1v) is 11.5. The number of hydrogen-bond acceptors (Lipinski definition) is 4. The van der Waals surface area contributed by atoms with E-state index in [9.17, 15) is 18.0 Å². The zero-order chi connectivity index (χ0) is 22.4. The maximum absolute atomic E-state index is 13.2. The molecule has 2 amide bonds. The molecule has 0 aromatic heterocycles. The lowest BCUT2D eigenvalue weighted by Gasteiger charge is -2.22. The Labute approximate surface area is 189 Å². The molecule has 0 fully saturated rings. The summed E-state index contributed by atoms with van der Waals surface area (Å²) in [6, 6.07) is 21.2. The number of nitrogens with zero attached hydrogens (tertiary/aromatic N) is 1. The summed E-state index contributed by atoms with van der Waals surface area (Å²) in [6.07, 6.45) is 0. The number of hydrogen-bond donors (Lipinski definition) is 2. The Morgan fingerprint density at radius 1 is 0.903 bits per heavy atom. The molecule has 0 spiro atoms. The Morgan fingerprint density at radius 2 is 1.52 bits per heavy atom. The Balaban J connectivity index is 1.82. The molecule has 9 heteroatoms. The molecule has 0 saturated heterocycles. The highest BCUT2D eigenvalue weighted by Gasteiger charge is 2.27. The number of benzene rings is 3. The minimum absolute atomic E-state index is 0.0263. The van der Waals surface area contributed by atoms with Crippen molar-refractivity contribution in [2.24, 2.45) is 5.73 Å². The predicted molar refractivity (Wildman–Crippen MR) is 122 cm³/mol. The Hall–Kier alpha value is -3.01. The molecule has 0 bridgehead atoms. The summed E-state index contributed by atoms with van der Waals surface area (Å²) >= 11 is 3.35. The molecule has 0 heterocycles. The van der Waals surface area contributed by atoms with Crippen LogP contribution in [0.5, 0.6) is 0 Å². The summed E-state index contributed by atoms with van der Waals surface area (Å²) in [5, 5.41) is 2.65. The van der Waals surface area contributed by atoms with Crippen LogP contribution in [0.4, 0.5) is 5.69 Å². The summed E-state index contributed by atoms with van der Waals surface area (Å²) in [6.45, 7) is -0.358. The van der Waals surface area contributed by atoms with Crippen LogP contribution >= 0.6 is 15.9 Å². The van der Waals surface area contributed by atoms with Gasteiger partial charge in [-0.05, 0) is 54.1 Å². The fourth-order valence-corrected chi connectivity index (χ4v) is 4.51. The number of nitrogens with two attached hydrogens (primary N) is 1. The van der Waals surface area contributed by atoms with Gasteiger partial charge in [0.05, 0.1) is 11.4 Å². The van der Waals surface area contributed by atoms with Crippen molar-refractivity contribution in [2.45, 2.75) is 11.4 Å². The summed E-state index contributed by atoms with van der Waals surface area (Å²) in [5.41, 5.74) is 6.69. The first-order valence-electron chi connectivity index (χ1n) is 9.25. The normalized spacial score (nSPS) is 11.3. The van der Waals surface area contributed by atoms with Gasteiger partial charge in [-0.25, -0.2) is 8.42 Å². The van der Waals surface area contributed by atoms with Gasteiger partial charge in [0, 0.05) is 22.3 Å². The van der Waals surface area contributed by atoms with Crippen LogP contribution in [0.25, 0.3) is 0 Å². The van der Waals surface area contributed by atoms with Crippen molar-refractivity contribution in [3.8, 4) is 0 Å². The maximum Gasteiger partial charge on any atom is 0.248 e. The molecule has 0 atom stereocenters. The highest BCUT2D eigenvalue weighted by Crippen LogP contribution is 2.20. The van der Waals surface area contributed by atoms with E-state index < -0.39 is 21.8 Å². The lowest BCUT2D eigenvalue weighted by atomic mass is 10.2. The molecule has 0 radical (unpaired) electrons. The quantitative estimate of drug-likeness (QED) is 0.492. The van der Waals surface area contributed by atoms with E-state index in [1.165, 1.54) is 36.4 Å². The number of sulfonamides is 1. The molecule has 7 nitrogen and oxygen atoms in total. The van der Waals surface area contributed by atoms with Crippen molar-refractivity contribution in [1.29, 1.82) is 0 Å². The van der Waals surface area contributed by atoms with E-state index in [2.05, 4.69) is 21.2 Å². The Bertz CT molecular complexity index is 1170. The lowest BCUT2D eigenvalue weighted by molar-refractivity contribution is -0.116. The number of anilines is 1. The molecule has 3 aromatic rings. The zero-order valence-electron chi connectivity index (χ0n) is 16.4. The van der Waals surface area contributed by atoms with Crippen molar-refractivity contribution in [3.63, 3.8) is 0 Å². The number of primary amides is 1. The average molecular weight is 502 g/mol. The van der Waals surface area contributed by atoms with Crippen molar-refractivity contribution in [1.82, 2.24) is 4.31 Å². The monoisotopic (exact) mass is 501 g/mol. The van der Waals surface area contributed by atoms with E-state index in [1.54, 1.807) is 30.3 Å². The summed E-state index contributed by atoms with van der Waals surface area (Å²) in [7, 11) is -3.92. The predicted octanol–water partition coefficient (Wildman–Crippen LogP) is 3.38. The summed E-state index contributed by atoms with van der Waals surface area (Å²) in [5.74, 6) is -1.09. The molecule has 0 aliphatic rings. The van der Waals surface area contributed by atoms with Crippen molar-refractivity contribution < 1.29 is 18.0 Å². The smallest absolute Gasteiger partial charge is 0.248 e. The van der Waals surface area contributed by atoms with Gasteiger partial charge in [0.15, 0.2) is 0 Å². The highest BCUT2D eigenvalue weighted by molar-refractivity contribution is 9.10. The van der Waals surface area contributed by atoms with E-state index in [0.29, 0.717) is 11.3 Å². The molecule has 160 valence electrons. The van der Waals surface area contributed by atoms with Gasteiger partial charge >= 0.3 is 0 Å². The molecule has 3 N–H and O–H groups in total. The van der Waals surface area contributed by atoms with Crippen LogP contribution in [-0.2, 0) is 21.4 Å². The second-order valence-electron chi connectivity index (χ2n) is 6.70. The number of carbonyl (C=O) groups is 2. The summed E-state index contributed by atoms with van der Waals surface area (Å²) in [4.78, 5) is 23.9. The van der Waals surface area contributed by atoms with E-state index >= 15 is 0 Å². The molecule has 0 aliphatic carbocycles. The third-order valence-corrected chi connectivity index (χ3v) is 6.76. The van der Waals surface area contributed by atoms with Gasteiger partial charge in [0.2, 0.25) is 21.8 Å². The number of nitrogens with one attached hydrogen (secondary N) is 1. The van der Waals surface area contributed by atoms with Crippen LogP contribution in [0.15, 0.2) is 88.2 Å². The van der Waals surface area contributed by atoms with Gasteiger partial charge in [-0.15, -0.1) is 0 Å². The third-order valence-electron chi connectivity index (χ3n) is 4.43. The molecule has 3 aromatic carbocycles. The maximum atomic E-state index is 13.2. The second kappa shape index (κ2) is 9.86. The van der Waals surface area contributed by atoms with Crippen LogP contribution in [0.1, 0.15) is 15.9 Å². The van der Waals surface area contributed by atoms with Crippen molar-refractivity contribution in [3.05, 3.63) is 94.5 Å². The fraction of sp³-hybridized carbons (Fsp3) is 0.0909. The van der Waals surface area contributed by atoms with Crippen LogP contribution < -0.4 is 11.1 Å². The molecule has 0 aliphatic heterocycles. The molecule has 3 rings (SSSR count). The number of carbonyl (C=O) groups excluding carboxylic acids is 2. The lowest BCUT2D eigenvalue weighted by Crippen LogP contribution is -2.37. The van der Waals surface area contributed by atoms with E-state index in [0.717, 1.165) is 14.3 Å². The van der Waals surface area contributed by atoms with Gasteiger partial charge in [-0.2, -0.15) is 4.31 Å².